The number of aromatic carboxylic acids is 1. The molecule has 1 rings (SSSR count). The molecule has 0 saturated heterocycles. The number of rotatable bonds is 8. The Labute approximate surface area is 117 Å². The van der Waals surface area contributed by atoms with E-state index in [4.69, 9.17) is 9.84 Å². The number of carboxylic acids is 1. The zero-order valence-electron chi connectivity index (χ0n) is 11.6. The van der Waals surface area contributed by atoms with E-state index in [0.29, 0.717) is 6.61 Å². The molecule has 7 nitrogen and oxygen atoms in total. The summed E-state index contributed by atoms with van der Waals surface area (Å²) in [5, 5.41) is 11.5. The maximum Gasteiger partial charge on any atom is 0.356 e. The molecule has 7 heteroatoms. The first-order chi connectivity index (χ1) is 9.58. The third kappa shape index (κ3) is 4.93. The van der Waals surface area contributed by atoms with Crippen LogP contribution in [0.5, 0.6) is 0 Å². The van der Waals surface area contributed by atoms with Gasteiger partial charge in [0.2, 0.25) is 0 Å². The van der Waals surface area contributed by atoms with Gasteiger partial charge in [0.15, 0.2) is 5.69 Å². The van der Waals surface area contributed by atoms with Crippen molar-refractivity contribution in [2.75, 3.05) is 13.7 Å². The van der Waals surface area contributed by atoms with E-state index in [1.807, 2.05) is 0 Å². The van der Waals surface area contributed by atoms with E-state index in [2.05, 4.69) is 22.2 Å². The van der Waals surface area contributed by atoms with Crippen LogP contribution in [0.25, 0.3) is 0 Å². The number of unbranched alkanes of at least 4 members (excludes halogenated alkanes) is 1. The predicted molar refractivity (Wildman–Crippen MR) is 71.6 cm³/mol. The second-order valence-corrected chi connectivity index (χ2v) is 4.36. The third-order valence-electron chi connectivity index (χ3n) is 2.71. The van der Waals surface area contributed by atoms with Crippen molar-refractivity contribution in [1.29, 1.82) is 0 Å². The summed E-state index contributed by atoms with van der Waals surface area (Å²) < 4.78 is 5.06. The van der Waals surface area contributed by atoms with E-state index < -0.39 is 5.97 Å². The number of hydrogen-bond acceptors (Lipinski definition) is 5. The number of nitrogens with zero attached hydrogens (tertiary/aromatic N) is 2. The van der Waals surface area contributed by atoms with E-state index in [9.17, 15) is 9.59 Å². The number of carboxylic acid groups (broad SMARTS) is 1. The number of methoxy groups -OCH3 is 1. The summed E-state index contributed by atoms with van der Waals surface area (Å²) in [6.45, 7) is 2.49. The van der Waals surface area contributed by atoms with Crippen molar-refractivity contribution in [2.24, 2.45) is 0 Å². The van der Waals surface area contributed by atoms with Crippen molar-refractivity contribution in [3.63, 3.8) is 0 Å². The van der Waals surface area contributed by atoms with Crippen LogP contribution in [-0.2, 0) is 4.74 Å². The molecule has 1 aromatic rings. The van der Waals surface area contributed by atoms with Gasteiger partial charge in [-0.05, 0) is 6.42 Å². The zero-order valence-corrected chi connectivity index (χ0v) is 11.6. The second-order valence-electron chi connectivity index (χ2n) is 4.36. The van der Waals surface area contributed by atoms with E-state index in [1.54, 1.807) is 7.11 Å². The van der Waals surface area contributed by atoms with Crippen molar-refractivity contribution in [3.05, 3.63) is 23.8 Å². The molecule has 1 amide bonds. The Kier molecular flexibility index (Phi) is 6.58. The molecule has 0 aromatic carbocycles. The van der Waals surface area contributed by atoms with Gasteiger partial charge in [0.05, 0.1) is 25.0 Å². The molecule has 110 valence electrons. The topological polar surface area (TPSA) is 101 Å². The number of amides is 1. The average molecular weight is 281 g/mol. The van der Waals surface area contributed by atoms with Gasteiger partial charge in [0.1, 0.15) is 5.69 Å². The Balaban J connectivity index is 2.65. The molecule has 1 aromatic heterocycles. The summed E-state index contributed by atoms with van der Waals surface area (Å²) in [5.41, 5.74) is -0.103. The van der Waals surface area contributed by atoms with Gasteiger partial charge in [-0.2, -0.15) is 0 Å². The van der Waals surface area contributed by atoms with Gasteiger partial charge in [0.25, 0.3) is 5.91 Å². The smallest absolute Gasteiger partial charge is 0.356 e. The molecule has 0 fully saturated rings. The standard InChI is InChI=1S/C13H19N3O4/c1-3-4-5-9(8-20-2)16-12(17)10-6-15-11(7-14-10)13(18)19/h6-7,9H,3-5,8H2,1-2H3,(H,16,17)(H,18,19). The van der Waals surface area contributed by atoms with Gasteiger partial charge < -0.3 is 15.2 Å². The normalized spacial score (nSPS) is 11.9. The SMILES string of the molecule is CCCCC(COC)NC(=O)c1cnc(C(=O)O)cn1. The van der Waals surface area contributed by atoms with Gasteiger partial charge in [-0.1, -0.05) is 19.8 Å². The zero-order chi connectivity index (χ0) is 15.0. The predicted octanol–water partition coefficient (Wildman–Crippen LogP) is 1.11. The minimum atomic E-state index is -1.18. The summed E-state index contributed by atoms with van der Waals surface area (Å²) in [6.07, 6.45) is 5.05. The fourth-order valence-corrected chi connectivity index (χ4v) is 1.66. The molecule has 1 atom stereocenters. The second kappa shape index (κ2) is 8.21. The number of hydrogen-bond donors (Lipinski definition) is 2. The molecular weight excluding hydrogens is 262 g/mol. The lowest BCUT2D eigenvalue weighted by Gasteiger charge is -2.17. The number of carbonyl (C=O) groups excluding carboxylic acids is 1. The van der Waals surface area contributed by atoms with Crippen LogP contribution in [0.1, 0.15) is 47.2 Å². The third-order valence-corrected chi connectivity index (χ3v) is 2.71. The van der Waals surface area contributed by atoms with Crippen LogP contribution < -0.4 is 5.32 Å². The fraction of sp³-hybridized carbons (Fsp3) is 0.538. The maximum absolute atomic E-state index is 12.0. The van der Waals surface area contributed by atoms with Gasteiger partial charge in [0, 0.05) is 7.11 Å². The fourth-order valence-electron chi connectivity index (χ4n) is 1.66. The molecular formula is C13H19N3O4. The highest BCUT2D eigenvalue weighted by atomic mass is 16.5. The van der Waals surface area contributed by atoms with Crippen molar-refractivity contribution < 1.29 is 19.4 Å². The van der Waals surface area contributed by atoms with Crippen molar-refractivity contribution in [2.45, 2.75) is 32.2 Å². The van der Waals surface area contributed by atoms with E-state index in [0.717, 1.165) is 31.7 Å². The van der Waals surface area contributed by atoms with Crippen LogP contribution >= 0.6 is 0 Å². The van der Waals surface area contributed by atoms with E-state index in [-0.39, 0.29) is 23.3 Å². The van der Waals surface area contributed by atoms with Crippen LogP contribution in [0, 0.1) is 0 Å². The van der Waals surface area contributed by atoms with Crippen LogP contribution in [-0.4, -0.2) is 46.7 Å². The molecule has 0 saturated carbocycles. The molecule has 0 radical (unpaired) electrons. The van der Waals surface area contributed by atoms with Gasteiger partial charge in [-0.3, -0.25) is 4.79 Å². The lowest BCUT2D eigenvalue weighted by molar-refractivity contribution is 0.0688. The van der Waals surface area contributed by atoms with Crippen LogP contribution in [0.4, 0.5) is 0 Å². The monoisotopic (exact) mass is 281 g/mol. The Bertz CT molecular complexity index is 447. The summed E-state index contributed by atoms with van der Waals surface area (Å²) in [4.78, 5) is 30.1. The molecule has 2 N–H and O–H groups in total. The van der Waals surface area contributed by atoms with E-state index >= 15 is 0 Å². The molecule has 0 aliphatic heterocycles. The molecule has 20 heavy (non-hydrogen) atoms. The van der Waals surface area contributed by atoms with Gasteiger partial charge in [-0.25, -0.2) is 14.8 Å². The average Bonchev–Trinajstić information content (AvgIpc) is 2.45. The Morgan fingerprint density at radius 2 is 2.00 bits per heavy atom. The largest absolute Gasteiger partial charge is 0.476 e. The van der Waals surface area contributed by atoms with Crippen LogP contribution in [0.2, 0.25) is 0 Å². The molecule has 0 aliphatic carbocycles. The minimum Gasteiger partial charge on any atom is -0.476 e. The quantitative estimate of drug-likeness (QED) is 0.740. The Hall–Kier alpha value is -2.02. The van der Waals surface area contributed by atoms with Crippen molar-refractivity contribution in [1.82, 2.24) is 15.3 Å². The van der Waals surface area contributed by atoms with Crippen molar-refractivity contribution >= 4 is 11.9 Å². The highest BCUT2D eigenvalue weighted by molar-refractivity contribution is 5.92. The first-order valence-corrected chi connectivity index (χ1v) is 6.43. The number of ether oxygens (including phenoxy) is 1. The summed E-state index contributed by atoms with van der Waals surface area (Å²) in [6, 6.07) is -0.0894. The molecule has 0 spiro atoms. The molecule has 1 heterocycles. The lowest BCUT2D eigenvalue weighted by atomic mass is 10.1. The molecule has 0 aliphatic rings. The molecule has 1 unspecified atom stereocenters. The minimum absolute atomic E-state index is 0.0894. The highest BCUT2D eigenvalue weighted by Gasteiger charge is 2.15. The Morgan fingerprint density at radius 3 is 2.50 bits per heavy atom. The number of nitrogens with one attached hydrogen (secondary N) is 1. The highest BCUT2D eigenvalue weighted by Crippen LogP contribution is 2.03. The van der Waals surface area contributed by atoms with Gasteiger partial charge in [-0.15, -0.1) is 0 Å². The van der Waals surface area contributed by atoms with Crippen LogP contribution in [0.15, 0.2) is 12.4 Å². The number of carbonyl (C=O) groups is 2. The number of aromatic nitrogens is 2. The summed E-state index contributed by atoms with van der Waals surface area (Å²) in [5.74, 6) is -1.56. The van der Waals surface area contributed by atoms with Gasteiger partial charge >= 0.3 is 5.97 Å². The Morgan fingerprint density at radius 1 is 1.35 bits per heavy atom. The first kappa shape index (κ1) is 16.0. The van der Waals surface area contributed by atoms with Crippen LogP contribution in [0.3, 0.4) is 0 Å². The lowest BCUT2D eigenvalue weighted by Crippen LogP contribution is -2.38. The van der Waals surface area contributed by atoms with Crippen molar-refractivity contribution in [3.8, 4) is 0 Å². The first-order valence-electron chi connectivity index (χ1n) is 6.43. The maximum atomic E-state index is 12.0. The summed E-state index contributed by atoms with van der Waals surface area (Å²) >= 11 is 0. The van der Waals surface area contributed by atoms with E-state index in [1.165, 1.54) is 0 Å². The summed E-state index contributed by atoms with van der Waals surface area (Å²) in [7, 11) is 1.58. The molecule has 0 bridgehead atoms.